The Balaban J connectivity index is 1.77. The number of carbonyl (C=O) groups is 1. The zero-order chi connectivity index (χ0) is 19.8. The highest BCUT2D eigenvalue weighted by Crippen LogP contribution is 2.32. The van der Waals surface area contributed by atoms with Gasteiger partial charge in [0.25, 0.3) is 5.56 Å². The van der Waals surface area contributed by atoms with Crippen LogP contribution in [-0.2, 0) is 17.9 Å². The van der Waals surface area contributed by atoms with Crippen LogP contribution in [0.15, 0.2) is 33.2 Å². The number of benzene rings is 1. The van der Waals surface area contributed by atoms with Crippen molar-refractivity contribution < 1.29 is 9.53 Å². The number of aryl methyl sites for hydroxylation is 1. The van der Waals surface area contributed by atoms with Crippen molar-refractivity contribution in [3.63, 3.8) is 0 Å². The Morgan fingerprint density at radius 3 is 2.89 bits per heavy atom. The molecular weight excluding hydrogens is 380 g/mol. The number of nitrogens with zero attached hydrogens (tertiary/aromatic N) is 4. The predicted octanol–water partition coefficient (Wildman–Crippen LogP) is 1.76. The van der Waals surface area contributed by atoms with E-state index in [0.29, 0.717) is 43.1 Å². The number of aromatic nitrogens is 3. The zero-order valence-corrected chi connectivity index (χ0v) is 16.5. The molecule has 0 spiro atoms. The van der Waals surface area contributed by atoms with E-state index < -0.39 is 11.2 Å². The van der Waals surface area contributed by atoms with Crippen LogP contribution < -0.4 is 20.9 Å². The van der Waals surface area contributed by atoms with E-state index in [9.17, 15) is 14.4 Å². The summed E-state index contributed by atoms with van der Waals surface area (Å²) in [6.45, 7) is 4.76. The fourth-order valence-electron chi connectivity index (χ4n) is 3.42. The smallest absolute Gasteiger partial charge is 0.332 e. The first-order chi connectivity index (χ1) is 13.5. The maximum atomic E-state index is 13.1. The molecule has 146 valence electrons. The van der Waals surface area contributed by atoms with Gasteiger partial charge in [0.05, 0.1) is 17.7 Å². The molecule has 0 unspecified atom stereocenters. The molecule has 1 aliphatic heterocycles. The van der Waals surface area contributed by atoms with Crippen LogP contribution in [0.1, 0.15) is 18.9 Å². The minimum absolute atomic E-state index is 0.162. The van der Waals surface area contributed by atoms with Gasteiger partial charge in [-0.25, -0.2) is 4.79 Å². The van der Waals surface area contributed by atoms with Gasteiger partial charge < -0.3 is 9.64 Å². The Hall–Kier alpha value is -2.94. The van der Waals surface area contributed by atoms with E-state index in [1.54, 1.807) is 10.3 Å². The Kier molecular flexibility index (Phi) is 4.76. The number of anilines is 1. The molecule has 2 aromatic heterocycles. The van der Waals surface area contributed by atoms with Crippen LogP contribution in [0.2, 0.25) is 0 Å². The van der Waals surface area contributed by atoms with E-state index in [2.05, 4.69) is 4.37 Å². The monoisotopic (exact) mass is 400 g/mol. The molecule has 0 saturated carbocycles. The van der Waals surface area contributed by atoms with Crippen LogP contribution in [0.4, 0.5) is 5.69 Å². The summed E-state index contributed by atoms with van der Waals surface area (Å²) in [4.78, 5) is 40.2. The number of fused-ring (bicyclic) bond motifs is 2. The molecule has 1 aliphatic rings. The minimum atomic E-state index is -0.481. The van der Waals surface area contributed by atoms with E-state index in [1.807, 2.05) is 32.0 Å². The van der Waals surface area contributed by atoms with E-state index in [1.165, 1.54) is 4.57 Å². The summed E-state index contributed by atoms with van der Waals surface area (Å²) in [7, 11) is 0. The largest absolute Gasteiger partial charge is 0.490 e. The molecule has 3 aromatic rings. The standard InChI is InChI=1S/C19H20N4O4S/c1-3-6-22-18(25)17-14(11-28-20-17)23(19(22)26)10-16(24)21-7-8-27-15-5-4-12(2)9-13(15)21/h4-5,9,11H,3,6-8,10H2,1-2H3. The van der Waals surface area contributed by atoms with Gasteiger partial charge in [-0.3, -0.25) is 18.7 Å². The van der Waals surface area contributed by atoms with Gasteiger partial charge in [0.1, 0.15) is 18.9 Å². The lowest BCUT2D eigenvalue weighted by molar-refractivity contribution is -0.119. The van der Waals surface area contributed by atoms with Crippen LogP contribution >= 0.6 is 11.5 Å². The fraction of sp³-hybridized carbons (Fsp3) is 0.368. The van der Waals surface area contributed by atoms with Crippen molar-refractivity contribution >= 4 is 34.2 Å². The third kappa shape index (κ3) is 3.01. The summed E-state index contributed by atoms with van der Waals surface area (Å²) >= 11 is 1.10. The van der Waals surface area contributed by atoms with Crippen LogP contribution in [0.25, 0.3) is 11.0 Å². The molecule has 0 bridgehead atoms. The second-order valence-electron chi connectivity index (χ2n) is 6.74. The molecule has 28 heavy (non-hydrogen) atoms. The lowest BCUT2D eigenvalue weighted by Crippen LogP contribution is -2.45. The number of amides is 1. The molecule has 0 saturated heterocycles. The second-order valence-corrected chi connectivity index (χ2v) is 7.37. The molecule has 1 aromatic carbocycles. The molecule has 1 amide bonds. The number of ether oxygens (including phenoxy) is 1. The second kappa shape index (κ2) is 7.23. The highest BCUT2D eigenvalue weighted by atomic mass is 32.1. The predicted molar refractivity (Wildman–Crippen MR) is 107 cm³/mol. The minimum Gasteiger partial charge on any atom is -0.490 e. The van der Waals surface area contributed by atoms with Crippen molar-refractivity contribution in [2.75, 3.05) is 18.1 Å². The summed E-state index contributed by atoms with van der Waals surface area (Å²) in [5, 5.41) is 1.64. The van der Waals surface area contributed by atoms with E-state index in [4.69, 9.17) is 4.74 Å². The average Bonchev–Trinajstić information content (AvgIpc) is 3.17. The molecule has 0 N–H and O–H groups in total. The molecular formula is C19H20N4O4S. The summed E-state index contributed by atoms with van der Waals surface area (Å²) in [6, 6.07) is 5.67. The molecule has 4 rings (SSSR count). The normalized spacial score (nSPS) is 13.4. The third-order valence-electron chi connectivity index (χ3n) is 4.77. The average molecular weight is 400 g/mol. The first-order valence-electron chi connectivity index (χ1n) is 9.12. The van der Waals surface area contributed by atoms with Crippen LogP contribution in [0.5, 0.6) is 5.75 Å². The number of rotatable bonds is 4. The maximum absolute atomic E-state index is 13.1. The lowest BCUT2D eigenvalue weighted by atomic mass is 10.1. The van der Waals surface area contributed by atoms with Crippen molar-refractivity contribution in [3.05, 3.63) is 50.0 Å². The van der Waals surface area contributed by atoms with Crippen molar-refractivity contribution in [1.82, 2.24) is 13.5 Å². The zero-order valence-electron chi connectivity index (χ0n) is 15.7. The lowest BCUT2D eigenvalue weighted by Gasteiger charge is -2.30. The Morgan fingerprint density at radius 1 is 1.29 bits per heavy atom. The van der Waals surface area contributed by atoms with Crippen LogP contribution in [0.3, 0.4) is 0 Å². The maximum Gasteiger partial charge on any atom is 0.332 e. The molecule has 0 aliphatic carbocycles. The van der Waals surface area contributed by atoms with Gasteiger partial charge in [-0.05, 0) is 42.6 Å². The Bertz CT molecular complexity index is 1180. The first kappa shape index (κ1) is 18.4. The molecule has 9 heteroatoms. The van der Waals surface area contributed by atoms with E-state index in [-0.39, 0.29) is 18.0 Å². The fourth-order valence-corrected chi connectivity index (χ4v) is 4.08. The van der Waals surface area contributed by atoms with Crippen molar-refractivity contribution in [3.8, 4) is 5.75 Å². The summed E-state index contributed by atoms with van der Waals surface area (Å²) in [5.41, 5.74) is 1.46. The van der Waals surface area contributed by atoms with E-state index >= 15 is 0 Å². The quantitative estimate of drug-likeness (QED) is 0.666. The topological polar surface area (TPSA) is 86.4 Å². The van der Waals surface area contributed by atoms with E-state index in [0.717, 1.165) is 21.7 Å². The van der Waals surface area contributed by atoms with Crippen LogP contribution in [-0.4, -0.2) is 32.6 Å². The Morgan fingerprint density at radius 2 is 2.11 bits per heavy atom. The first-order valence-corrected chi connectivity index (χ1v) is 9.96. The summed E-state index contributed by atoms with van der Waals surface area (Å²) in [6.07, 6.45) is 0.634. The summed E-state index contributed by atoms with van der Waals surface area (Å²) < 4.78 is 12.3. The van der Waals surface area contributed by atoms with Crippen molar-refractivity contribution in [2.45, 2.75) is 33.4 Å². The van der Waals surface area contributed by atoms with Gasteiger partial charge in [0.15, 0.2) is 5.52 Å². The molecule has 8 nitrogen and oxygen atoms in total. The summed E-state index contributed by atoms with van der Waals surface area (Å²) in [5.74, 6) is 0.419. The van der Waals surface area contributed by atoms with Gasteiger partial charge in [-0.1, -0.05) is 13.0 Å². The highest BCUT2D eigenvalue weighted by molar-refractivity contribution is 7.04. The molecule has 0 atom stereocenters. The molecule has 0 radical (unpaired) electrons. The van der Waals surface area contributed by atoms with Gasteiger partial charge in [0.2, 0.25) is 5.91 Å². The SMILES string of the molecule is CCCn1c(=O)c2nscc2n(CC(=O)N2CCOc3ccc(C)cc32)c1=O. The van der Waals surface area contributed by atoms with Crippen molar-refractivity contribution in [2.24, 2.45) is 0 Å². The molecule has 3 heterocycles. The molecule has 0 fully saturated rings. The Labute approximate surface area is 164 Å². The highest BCUT2D eigenvalue weighted by Gasteiger charge is 2.25. The van der Waals surface area contributed by atoms with Crippen molar-refractivity contribution in [1.29, 1.82) is 0 Å². The number of hydrogen-bond donors (Lipinski definition) is 0. The van der Waals surface area contributed by atoms with Gasteiger partial charge in [-0.15, -0.1) is 0 Å². The van der Waals surface area contributed by atoms with Crippen LogP contribution in [0, 0.1) is 6.92 Å². The van der Waals surface area contributed by atoms with Gasteiger partial charge in [0, 0.05) is 11.9 Å². The number of carbonyl (C=O) groups excluding carboxylic acids is 1. The van der Waals surface area contributed by atoms with Gasteiger partial charge in [-0.2, -0.15) is 4.37 Å². The number of hydrogen-bond acceptors (Lipinski definition) is 6. The van der Waals surface area contributed by atoms with Gasteiger partial charge >= 0.3 is 5.69 Å². The third-order valence-corrected chi connectivity index (χ3v) is 5.39.